The number of fused-ring (bicyclic) bond motifs is 2. The van der Waals surface area contributed by atoms with Gasteiger partial charge in [-0.3, -0.25) is 9.88 Å². The molecule has 36 heavy (non-hydrogen) atoms. The molecule has 0 radical (unpaired) electrons. The number of pyridine rings is 2. The van der Waals surface area contributed by atoms with Gasteiger partial charge in [0.2, 0.25) is 0 Å². The van der Waals surface area contributed by atoms with E-state index < -0.39 is 5.60 Å². The Morgan fingerprint density at radius 1 is 1.28 bits per heavy atom. The van der Waals surface area contributed by atoms with E-state index in [1.807, 2.05) is 45.0 Å². The van der Waals surface area contributed by atoms with Crippen molar-refractivity contribution in [3.8, 4) is 5.75 Å². The largest absolute Gasteiger partial charge is 0.490 e. The number of aryl methyl sites for hydroxylation is 1. The van der Waals surface area contributed by atoms with Gasteiger partial charge < -0.3 is 19.3 Å². The summed E-state index contributed by atoms with van der Waals surface area (Å²) in [5.74, 6) is 1.46. The number of hydrogen-bond acceptors (Lipinski definition) is 7. The lowest BCUT2D eigenvalue weighted by atomic mass is 10.0. The topological polar surface area (TPSA) is 71.0 Å². The zero-order valence-electron chi connectivity index (χ0n) is 22.1. The molecular weight excluding hydrogens is 501 g/mol. The molecule has 1 amide bonds. The van der Waals surface area contributed by atoms with Crippen LogP contribution in [0.2, 0.25) is 10.2 Å². The van der Waals surface area contributed by atoms with Crippen molar-refractivity contribution in [1.82, 2.24) is 19.8 Å². The van der Waals surface area contributed by atoms with Gasteiger partial charge in [0, 0.05) is 39.4 Å². The Hall–Kier alpha value is -2.29. The van der Waals surface area contributed by atoms with Crippen molar-refractivity contribution >= 4 is 40.8 Å². The van der Waals surface area contributed by atoms with Gasteiger partial charge >= 0.3 is 6.09 Å². The molecule has 0 aliphatic carbocycles. The monoisotopic (exact) mass is 535 g/mol. The molecule has 1 fully saturated rings. The lowest BCUT2D eigenvalue weighted by Gasteiger charge is -2.40. The van der Waals surface area contributed by atoms with Crippen LogP contribution in [0.15, 0.2) is 12.3 Å². The fourth-order valence-electron chi connectivity index (χ4n) is 4.78. The van der Waals surface area contributed by atoms with E-state index in [4.69, 9.17) is 37.7 Å². The fourth-order valence-corrected chi connectivity index (χ4v) is 5.15. The minimum atomic E-state index is -0.543. The van der Waals surface area contributed by atoms with Crippen LogP contribution in [0, 0.1) is 6.92 Å². The second-order valence-electron chi connectivity index (χ2n) is 10.8. The maximum absolute atomic E-state index is 12.7. The average molecular weight is 537 g/mol. The highest BCUT2D eigenvalue weighted by molar-refractivity contribution is 6.42. The Balaban J connectivity index is 1.68. The maximum atomic E-state index is 12.7. The predicted octanol–water partition coefficient (Wildman–Crippen LogP) is 5.80. The molecule has 0 N–H and O–H groups in total. The van der Waals surface area contributed by atoms with E-state index in [0.717, 1.165) is 22.5 Å². The molecule has 196 valence electrons. The molecule has 0 saturated carbocycles. The predicted molar refractivity (Wildman–Crippen MR) is 143 cm³/mol. The summed E-state index contributed by atoms with van der Waals surface area (Å²) in [7, 11) is 1.98. The van der Waals surface area contributed by atoms with Crippen molar-refractivity contribution in [2.75, 3.05) is 38.2 Å². The molecule has 0 unspecified atom stereocenters. The molecule has 8 nitrogen and oxygen atoms in total. The summed E-state index contributed by atoms with van der Waals surface area (Å²) in [4.78, 5) is 28.2. The van der Waals surface area contributed by atoms with Gasteiger partial charge in [-0.1, -0.05) is 37.0 Å². The van der Waals surface area contributed by atoms with E-state index >= 15 is 0 Å². The molecule has 1 atom stereocenters. The lowest BCUT2D eigenvalue weighted by molar-refractivity contribution is -0.00153. The van der Waals surface area contributed by atoms with Crippen molar-refractivity contribution in [3.63, 3.8) is 0 Å². The third-order valence-corrected chi connectivity index (χ3v) is 7.24. The number of nitrogens with zero attached hydrogens (tertiary/aromatic N) is 5. The summed E-state index contributed by atoms with van der Waals surface area (Å²) in [6.07, 6.45) is 1.53. The second kappa shape index (κ2) is 10.2. The van der Waals surface area contributed by atoms with Crippen LogP contribution in [-0.2, 0) is 11.3 Å². The van der Waals surface area contributed by atoms with Gasteiger partial charge in [0.05, 0.1) is 23.0 Å². The molecule has 4 rings (SSSR count). The van der Waals surface area contributed by atoms with E-state index in [0.29, 0.717) is 49.4 Å². The van der Waals surface area contributed by atoms with Gasteiger partial charge in [-0.15, -0.1) is 0 Å². The van der Waals surface area contributed by atoms with Crippen molar-refractivity contribution in [2.24, 2.45) is 0 Å². The number of anilines is 2. The first-order valence-electron chi connectivity index (χ1n) is 12.3. The Morgan fingerprint density at radius 2 is 2.00 bits per heavy atom. The summed E-state index contributed by atoms with van der Waals surface area (Å²) in [5, 5.41) is 0.500. The highest BCUT2D eigenvalue weighted by Crippen LogP contribution is 2.44. The van der Waals surface area contributed by atoms with E-state index in [1.165, 1.54) is 0 Å². The lowest BCUT2D eigenvalue weighted by Crippen LogP contribution is -2.56. The Bertz CT molecular complexity index is 1150. The van der Waals surface area contributed by atoms with Crippen LogP contribution in [-0.4, -0.2) is 70.8 Å². The SMILES string of the molecule is Cc1ccnc(C(C)C)c1N(C)c1nc(Cl)c(Cl)c2c1CN1CCN(C(=O)OC(C)(C)C)C[C@@H]1CO2. The number of piperazine rings is 1. The summed E-state index contributed by atoms with van der Waals surface area (Å²) in [5.41, 5.74) is 3.40. The van der Waals surface area contributed by atoms with Crippen molar-refractivity contribution in [3.05, 3.63) is 39.3 Å². The molecule has 4 heterocycles. The first-order chi connectivity index (χ1) is 16.9. The zero-order chi connectivity index (χ0) is 26.4. The number of ether oxygens (including phenoxy) is 2. The van der Waals surface area contributed by atoms with Gasteiger partial charge in [0.1, 0.15) is 28.8 Å². The van der Waals surface area contributed by atoms with E-state index in [1.54, 1.807) is 4.90 Å². The van der Waals surface area contributed by atoms with Crippen LogP contribution in [0.4, 0.5) is 16.3 Å². The van der Waals surface area contributed by atoms with Gasteiger partial charge in [-0.05, 0) is 45.2 Å². The summed E-state index contributed by atoms with van der Waals surface area (Å²) < 4.78 is 11.9. The van der Waals surface area contributed by atoms with Gasteiger partial charge in [-0.2, -0.15) is 0 Å². The number of amides is 1. The van der Waals surface area contributed by atoms with Crippen LogP contribution >= 0.6 is 23.2 Å². The summed E-state index contributed by atoms with van der Waals surface area (Å²) in [6.45, 7) is 14.6. The normalized spacial score (nSPS) is 18.3. The Kier molecular flexibility index (Phi) is 7.60. The molecule has 0 bridgehead atoms. The molecule has 2 aromatic heterocycles. The van der Waals surface area contributed by atoms with Crippen LogP contribution in [0.25, 0.3) is 0 Å². The van der Waals surface area contributed by atoms with Crippen molar-refractivity contribution in [1.29, 1.82) is 0 Å². The van der Waals surface area contributed by atoms with Crippen LogP contribution in [0.3, 0.4) is 0 Å². The third kappa shape index (κ3) is 5.36. The van der Waals surface area contributed by atoms with Crippen LogP contribution in [0.5, 0.6) is 5.75 Å². The molecular formula is C26H35Cl2N5O3. The number of halogens is 2. The number of aromatic nitrogens is 2. The fraction of sp³-hybridized carbons (Fsp3) is 0.577. The Morgan fingerprint density at radius 3 is 2.67 bits per heavy atom. The summed E-state index contributed by atoms with van der Waals surface area (Å²) >= 11 is 13.1. The second-order valence-corrected chi connectivity index (χ2v) is 11.5. The quantitative estimate of drug-likeness (QED) is 0.460. The van der Waals surface area contributed by atoms with Crippen molar-refractivity contribution < 1.29 is 14.3 Å². The third-order valence-electron chi connectivity index (χ3n) is 6.52. The van der Waals surface area contributed by atoms with Crippen LogP contribution < -0.4 is 9.64 Å². The van der Waals surface area contributed by atoms with E-state index in [2.05, 4.69) is 30.7 Å². The molecule has 2 aromatic rings. The minimum Gasteiger partial charge on any atom is -0.490 e. The number of carbonyl (C=O) groups is 1. The minimum absolute atomic E-state index is 0.0157. The highest BCUT2D eigenvalue weighted by Gasteiger charge is 2.37. The standard InChI is InChI=1S/C26H35Cl2N5O3/c1-15(2)20-21(16(3)8-9-29-20)31(7)24-18-13-32-10-11-33(25(34)36-26(4,5)6)12-17(32)14-35-22(18)19(27)23(28)30-24/h8-9,15,17H,10-14H2,1-7H3/t17-/m1/s1. The van der Waals surface area contributed by atoms with E-state index in [-0.39, 0.29) is 23.2 Å². The Labute approximate surface area is 223 Å². The molecule has 0 aromatic carbocycles. The van der Waals surface area contributed by atoms with Gasteiger partial charge in [0.15, 0.2) is 5.15 Å². The first-order valence-corrected chi connectivity index (χ1v) is 13.0. The van der Waals surface area contributed by atoms with Gasteiger partial charge in [0.25, 0.3) is 0 Å². The maximum Gasteiger partial charge on any atom is 0.410 e. The highest BCUT2D eigenvalue weighted by atomic mass is 35.5. The van der Waals surface area contributed by atoms with Gasteiger partial charge in [-0.25, -0.2) is 9.78 Å². The summed E-state index contributed by atoms with van der Waals surface area (Å²) in [6, 6.07) is 1.98. The smallest absolute Gasteiger partial charge is 0.410 e. The number of hydrogen-bond donors (Lipinski definition) is 0. The molecule has 2 aliphatic rings. The first kappa shape index (κ1) is 26.8. The van der Waals surface area contributed by atoms with Crippen molar-refractivity contribution in [2.45, 2.75) is 65.6 Å². The zero-order valence-corrected chi connectivity index (χ0v) is 23.6. The molecule has 2 aliphatic heterocycles. The molecule has 10 heteroatoms. The number of rotatable bonds is 3. The molecule has 0 spiro atoms. The van der Waals surface area contributed by atoms with Crippen LogP contribution in [0.1, 0.15) is 57.4 Å². The average Bonchev–Trinajstić information content (AvgIpc) is 2.99. The molecule has 1 saturated heterocycles. The van der Waals surface area contributed by atoms with E-state index in [9.17, 15) is 4.79 Å². The number of carbonyl (C=O) groups excluding carboxylic acids is 1.